The molecule has 0 N–H and O–H groups in total. The smallest absolute Gasteiger partial charge is 0.339 e. The van der Waals surface area contributed by atoms with Crippen LogP contribution in [0.5, 0.6) is 5.75 Å². The van der Waals surface area contributed by atoms with Crippen LogP contribution in [0.3, 0.4) is 0 Å². The molecule has 33 heavy (non-hydrogen) atoms. The van der Waals surface area contributed by atoms with Crippen molar-refractivity contribution >= 4 is 11.9 Å². The third-order valence-electron chi connectivity index (χ3n) is 7.15. The van der Waals surface area contributed by atoms with Crippen LogP contribution in [0.2, 0.25) is 0 Å². The number of pyridine rings is 1. The standard InChI is InChI=1S/C27H24N2O4/c30-24-22-5-1-2-6-23(22)27(33-24)13-15-29(18-27)25(31)26(11-12-26)20-9-7-19(8-10-20)17-32-21-4-3-14-28-16-21/h1-10,14,16H,11-13,15,17-18H2. The minimum atomic E-state index is -0.701. The lowest BCUT2D eigenvalue weighted by atomic mass is 9.91. The SMILES string of the molecule is O=C1OC2(CCN(C(=O)C3(c4ccc(COc5cccnc5)cc4)CC3)C2)c2ccccc21. The summed E-state index contributed by atoms with van der Waals surface area (Å²) in [5.41, 5.74) is 2.46. The van der Waals surface area contributed by atoms with E-state index < -0.39 is 11.0 Å². The maximum atomic E-state index is 13.6. The second-order valence-corrected chi connectivity index (χ2v) is 9.16. The van der Waals surface area contributed by atoms with Crippen molar-refractivity contribution < 1.29 is 19.1 Å². The Bertz CT molecular complexity index is 1220. The molecule has 2 aliphatic heterocycles. The van der Waals surface area contributed by atoms with Crippen molar-refractivity contribution in [3.63, 3.8) is 0 Å². The van der Waals surface area contributed by atoms with Crippen LogP contribution in [0.4, 0.5) is 0 Å². The highest BCUT2D eigenvalue weighted by Crippen LogP contribution is 2.52. The first kappa shape index (κ1) is 20.0. The number of likely N-dealkylation sites (tertiary alicyclic amines) is 1. The first-order chi connectivity index (χ1) is 16.1. The average Bonchev–Trinajstić information content (AvgIpc) is 3.49. The molecule has 2 fully saturated rings. The fourth-order valence-electron chi connectivity index (χ4n) is 5.18. The van der Waals surface area contributed by atoms with Crippen LogP contribution >= 0.6 is 0 Å². The Morgan fingerprint density at radius 3 is 2.61 bits per heavy atom. The zero-order valence-electron chi connectivity index (χ0n) is 18.2. The number of carbonyl (C=O) groups excluding carboxylic acids is 2. The largest absolute Gasteiger partial charge is 0.487 e. The van der Waals surface area contributed by atoms with E-state index >= 15 is 0 Å². The van der Waals surface area contributed by atoms with Gasteiger partial charge in [0, 0.05) is 24.7 Å². The quantitative estimate of drug-likeness (QED) is 0.561. The summed E-state index contributed by atoms with van der Waals surface area (Å²) >= 11 is 0. The topological polar surface area (TPSA) is 68.7 Å². The number of aromatic nitrogens is 1. The molecule has 1 saturated heterocycles. The van der Waals surface area contributed by atoms with E-state index in [1.807, 2.05) is 59.5 Å². The lowest BCUT2D eigenvalue weighted by Gasteiger charge is -2.27. The van der Waals surface area contributed by atoms with Gasteiger partial charge in [-0.25, -0.2) is 4.79 Å². The molecule has 1 saturated carbocycles. The van der Waals surface area contributed by atoms with Gasteiger partial charge in [0.2, 0.25) is 5.91 Å². The molecule has 2 aromatic carbocycles. The Balaban J connectivity index is 1.16. The molecule has 6 rings (SSSR count). The van der Waals surface area contributed by atoms with Crippen LogP contribution in [0.1, 0.15) is 46.3 Å². The van der Waals surface area contributed by atoms with Gasteiger partial charge < -0.3 is 14.4 Å². The summed E-state index contributed by atoms with van der Waals surface area (Å²) in [5, 5.41) is 0. The van der Waals surface area contributed by atoms with E-state index in [1.165, 1.54) is 0 Å². The third-order valence-corrected chi connectivity index (χ3v) is 7.15. The van der Waals surface area contributed by atoms with Crippen molar-refractivity contribution in [1.82, 2.24) is 9.88 Å². The van der Waals surface area contributed by atoms with Gasteiger partial charge in [-0.15, -0.1) is 0 Å². The van der Waals surface area contributed by atoms with Gasteiger partial charge in [0.1, 0.15) is 12.4 Å². The Morgan fingerprint density at radius 2 is 1.85 bits per heavy atom. The van der Waals surface area contributed by atoms with Gasteiger partial charge in [-0.05, 0) is 42.2 Å². The Labute approximate surface area is 192 Å². The maximum Gasteiger partial charge on any atom is 0.339 e. The summed E-state index contributed by atoms with van der Waals surface area (Å²) in [6.45, 7) is 1.47. The zero-order chi connectivity index (χ0) is 22.5. The number of amides is 1. The number of nitrogens with zero attached hydrogens (tertiary/aromatic N) is 2. The summed E-state index contributed by atoms with van der Waals surface area (Å²) in [4.78, 5) is 31.9. The fourth-order valence-corrected chi connectivity index (χ4v) is 5.18. The molecule has 1 atom stereocenters. The van der Waals surface area contributed by atoms with E-state index in [2.05, 4.69) is 4.98 Å². The number of esters is 1. The van der Waals surface area contributed by atoms with Crippen molar-refractivity contribution in [2.45, 2.75) is 36.9 Å². The van der Waals surface area contributed by atoms with Gasteiger partial charge in [-0.1, -0.05) is 42.5 Å². The minimum absolute atomic E-state index is 0.138. The van der Waals surface area contributed by atoms with Crippen molar-refractivity contribution in [1.29, 1.82) is 0 Å². The highest BCUT2D eigenvalue weighted by atomic mass is 16.6. The number of hydrogen-bond donors (Lipinski definition) is 0. The van der Waals surface area contributed by atoms with Crippen molar-refractivity contribution in [2.24, 2.45) is 0 Å². The second kappa shape index (κ2) is 7.44. The van der Waals surface area contributed by atoms with Gasteiger partial charge in [0.15, 0.2) is 5.60 Å². The average molecular weight is 440 g/mol. The van der Waals surface area contributed by atoms with Crippen LogP contribution in [-0.4, -0.2) is 34.8 Å². The molecule has 0 radical (unpaired) electrons. The second-order valence-electron chi connectivity index (χ2n) is 9.16. The first-order valence-corrected chi connectivity index (χ1v) is 11.3. The number of fused-ring (bicyclic) bond motifs is 2. The highest BCUT2D eigenvalue weighted by Gasteiger charge is 2.57. The summed E-state index contributed by atoms with van der Waals surface area (Å²) in [6, 6.07) is 19.4. The molecular weight excluding hydrogens is 416 g/mol. The molecule has 3 aliphatic rings. The first-order valence-electron chi connectivity index (χ1n) is 11.3. The number of carbonyl (C=O) groups is 2. The lowest BCUT2D eigenvalue weighted by Crippen LogP contribution is -2.40. The molecule has 1 unspecified atom stereocenters. The molecule has 166 valence electrons. The number of hydrogen-bond acceptors (Lipinski definition) is 5. The van der Waals surface area contributed by atoms with Crippen LogP contribution in [0.15, 0.2) is 73.1 Å². The van der Waals surface area contributed by atoms with Crippen LogP contribution in [-0.2, 0) is 27.2 Å². The van der Waals surface area contributed by atoms with Gasteiger partial charge in [0.25, 0.3) is 0 Å². The van der Waals surface area contributed by atoms with Crippen LogP contribution < -0.4 is 4.74 Å². The Kier molecular flexibility index (Phi) is 4.50. The normalized spacial score (nSPS) is 22.2. The molecule has 1 aliphatic carbocycles. The van der Waals surface area contributed by atoms with Crippen molar-refractivity contribution in [3.05, 3.63) is 95.3 Å². The van der Waals surface area contributed by atoms with E-state index in [1.54, 1.807) is 18.5 Å². The third kappa shape index (κ3) is 3.28. The van der Waals surface area contributed by atoms with Gasteiger partial charge in [0.05, 0.1) is 23.7 Å². The van der Waals surface area contributed by atoms with E-state index in [4.69, 9.17) is 9.47 Å². The molecule has 1 amide bonds. The van der Waals surface area contributed by atoms with E-state index in [0.29, 0.717) is 31.7 Å². The fraction of sp³-hybridized carbons (Fsp3) is 0.296. The van der Waals surface area contributed by atoms with Crippen molar-refractivity contribution in [2.75, 3.05) is 13.1 Å². The predicted molar refractivity (Wildman–Crippen MR) is 121 cm³/mol. The van der Waals surface area contributed by atoms with Crippen LogP contribution in [0.25, 0.3) is 0 Å². The summed E-state index contributed by atoms with van der Waals surface area (Å²) in [7, 11) is 0. The van der Waals surface area contributed by atoms with Gasteiger partial charge in [-0.2, -0.15) is 0 Å². The van der Waals surface area contributed by atoms with Gasteiger partial charge >= 0.3 is 5.97 Å². The lowest BCUT2D eigenvalue weighted by molar-refractivity contribution is -0.134. The van der Waals surface area contributed by atoms with E-state index in [9.17, 15) is 9.59 Å². The number of benzene rings is 2. The molecule has 6 heteroatoms. The van der Waals surface area contributed by atoms with Gasteiger partial charge in [-0.3, -0.25) is 9.78 Å². The molecule has 0 bridgehead atoms. The summed E-state index contributed by atoms with van der Waals surface area (Å²) in [5.74, 6) is 0.580. The van der Waals surface area contributed by atoms with E-state index in [-0.39, 0.29) is 11.9 Å². The summed E-state index contributed by atoms with van der Waals surface area (Å²) in [6.07, 6.45) is 5.73. The number of ether oxygens (including phenoxy) is 2. The van der Waals surface area contributed by atoms with Crippen molar-refractivity contribution in [3.8, 4) is 5.75 Å². The summed E-state index contributed by atoms with van der Waals surface area (Å²) < 4.78 is 11.6. The predicted octanol–water partition coefficient (Wildman–Crippen LogP) is 3.99. The molecule has 6 nitrogen and oxygen atoms in total. The minimum Gasteiger partial charge on any atom is -0.487 e. The molecule has 1 spiro atoms. The highest BCUT2D eigenvalue weighted by molar-refractivity contribution is 5.96. The zero-order valence-corrected chi connectivity index (χ0v) is 18.2. The molecule has 3 heterocycles. The molecule has 1 aromatic heterocycles. The molecule has 3 aromatic rings. The number of rotatable bonds is 5. The maximum absolute atomic E-state index is 13.6. The Hall–Kier alpha value is -3.67. The monoisotopic (exact) mass is 440 g/mol. The van der Waals surface area contributed by atoms with E-state index in [0.717, 1.165) is 35.3 Å². The molecular formula is C27H24N2O4. The Morgan fingerprint density at radius 1 is 1.03 bits per heavy atom. The van der Waals surface area contributed by atoms with Crippen LogP contribution in [0, 0.1) is 0 Å².